The molecular formula is C14H17F3N2O2. The number of alkyl halides is 3. The van der Waals surface area contributed by atoms with Crippen molar-refractivity contribution in [2.45, 2.75) is 18.2 Å². The number of carbonyl (C=O) groups is 1. The van der Waals surface area contributed by atoms with Crippen LogP contribution in [0.1, 0.15) is 16.8 Å². The second-order valence-corrected chi connectivity index (χ2v) is 5.45. The second kappa shape index (κ2) is 5.22. The zero-order valence-corrected chi connectivity index (χ0v) is 11.8. The number of hydrogen-bond donors (Lipinski definition) is 1. The molecule has 0 bridgehead atoms. The number of nitrogens with zero attached hydrogens (tertiary/aromatic N) is 2. The molecule has 0 aromatic heterocycles. The van der Waals surface area contributed by atoms with Gasteiger partial charge in [0.1, 0.15) is 0 Å². The molecular weight excluding hydrogens is 285 g/mol. The van der Waals surface area contributed by atoms with Crippen LogP contribution >= 0.6 is 0 Å². The van der Waals surface area contributed by atoms with Crippen LogP contribution in [0.3, 0.4) is 0 Å². The van der Waals surface area contributed by atoms with Crippen LogP contribution in [0.15, 0.2) is 24.3 Å². The Labute approximate surface area is 120 Å². The Kier molecular flexibility index (Phi) is 3.88. The summed E-state index contributed by atoms with van der Waals surface area (Å²) in [6.45, 7) is -0.824. The summed E-state index contributed by atoms with van der Waals surface area (Å²) in [5.41, 5.74) is -1.60. The molecule has 2 rings (SSSR count). The van der Waals surface area contributed by atoms with Crippen LogP contribution in [-0.2, 0) is 0 Å². The van der Waals surface area contributed by atoms with Gasteiger partial charge in [0.2, 0.25) is 0 Å². The number of rotatable bonds is 2. The van der Waals surface area contributed by atoms with Crippen molar-refractivity contribution in [1.82, 2.24) is 4.90 Å². The standard InChI is InChI=1S/C14H17F3N2O2/c1-18(2)11-5-3-10(4-6-11)12(20)19-8-7-13(21,9-19)14(15,16)17/h3-6,21H,7-9H2,1-2H3. The van der Waals surface area contributed by atoms with Crippen LogP contribution in [0.5, 0.6) is 0 Å². The molecule has 1 aliphatic heterocycles. The van der Waals surface area contributed by atoms with Gasteiger partial charge in [0.05, 0.1) is 6.54 Å². The first-order valence-corrected chi connectivity index (χ1v) is 6.50. The van der Waals surface area contributed by atoms with Crippen molar-refractivity contribution in [1.29, 1.82) is 0 Å². The summed E-state index contributed by atoms with van der Waals surface area (Å²) in [7, 11) is 3.70. The molecule has 1 aliphatic rings. The Morgan fingerprint density at radius 3 is 2.29 bits per heavy atom. The highest BCUT2D eigenvalue weighted by Gasteiger charge is 2.57. The Bertz CT molecular complexity index is 528. The quantitative estimate of drug-likeness (QED) is 0.907. The summed E-state index contributed by atoms with van der Waals surface area (Å²) >= 11 is 0. The Balaban J connectivity index is 2.12. The third-order valence-electron chi connectivity index (χ3n) is 3.69. The lowest BCUT2D eigenvalue weighted by Crippen LogP contribution is -2.48. The smallest absolute Gasteiger partial charge is 0.379 e. The molecule has 1 atom stereocenters. The minimum atomic E-state index is -4.73. The maximum atomic E-state index is 12.7. The number of carbonyl (C=O) groups excluding carboxylic acids is 1. The van der Waals surface area contributed by atoms with E-state index in [0.29, 0.717) is 5.56 Å². The first-order valence-electron chi connectivity index (χ1n) is 6.50. The maximum absolute atomic E-state index is 12.7. The number of anilines is 1. The van der Waals surface area contributed by atoms with E-state index in [-0.39, 0.29) is 6.54 Å². The summed E-state index contributed by atoms with van der Waals surface area (Å²) < 4.78 is 38.2. The molecule has 1 N–H and O–H groups in total. The highest BCUT2D eigenvalue weighted by molar-refractivity contribution is 5.94. The molecule has 1 amide bonds. The van der Waals surface area contributed by atoms with Crippen LogP contribution in [0.4, 0.5) is 18.9 Å². The average molecular weight is 302 g/mol. The molecule has 0 radical (unpaired) electrons. The van der Waals surface area contributed by atoms with Crippen molar-refractivity contribution in [3.05, 3.63) is 29.8 Å². The molecule has 0 spiro atoms. The molecule has 7 heteroatoms. The lowest BCUT2D eigenvalue weighted by atomic mass is 10.0. The minimum absolute atomic E-state index is 0.107. The van der Waals surface area contributed by atoms with Gasteiger partial charge in [0.25, 0.3) is 5.91 Å². The molecule has 0 saturated carbocycles. The zero-order valence-electron chi connectivity index (χ0n) is 11.8. The Morgan fingerprint density at radius 2 is 1.86 bits per heavy atom. The van der Waals surface area contributed by atoms with Crippen molar-refractivity contribution in [3.63, 3.8) is 0 Å². The van der Waals surface area contributed by atoms with Gasteiger partial charge in [0, 0.05) is 38.3 Å². The van der Waals surface area contributed by atoms with Gasteiger partial charge in [0.15, 0.2) is 5.60 Å². The van der Waals surface area contributed by atoms with Crippen molar-refractivity contribution >= 4 is 11.6 Å². The summed E-state index contributed by atoms with van der Waals surface area (Å²) in [6, 6.07) is 6.59. The zero-order chi connectivity index (χ0) is 15.8. The highest BCUT2D eigenvalue weighted by Crippen LogP contribution is 2.38. The number of halogens is 3. The van der Waals surface area contributed by atoms with Gasteiger partial charge in [-0.2, -0.15) is 13.2 Å². The Hall–Kier alpha value is -1.76. The van der Waals surface area contributed by atoms with Crippen molar-refractivity contribution in [3.8, 4) is 0 Å². The van der Waals surface area contributed by atoms with Crippen molar-refractivity contribution in [2.24, 2.45) is 0 Å². The fraction of sp³-hybridized carbons (Fsp3) is 0.500. The minimum Gasteiger partial charge on any atom is -0.379 e. The van der Waals surface area contributed by atoms with E-state index in [1.807, 2.05) is 19.0 Å². The van der Waals surface area contributed by atoms with Crippen molar-refractivity contribution in [2.75, 3.05) is 32.1 Å². The van der Waals surface area contributed by atoms with Gasteiger partial charge in [-0.25, -0.2) is 0 Å². The molecule has 1 fully saturated rings. The lowest BCUT2D eigenvalue weighted by molar-refractivity contribution is -0.253. The second-order valence-electron chi connectivity index (χ2n) is 5.45. The summed E-state index contributed by atoms with van der Waals surface area (Å²) in [4.78, 5) is 15.1. The first kappa shape index (κ1) is 15.6. The predicted octanol–water partition coefficient (Wildman–Crippen LogP) is 1.89. The fourth-order valence-electron chi connectivity index (χ4n) is 2.28. The van der Waals surface area contributed by atoms with Crippen LogP contribution in [0.2, 0.25) is 0 Å². The van der Waals surface area contributed by atoms with Crippen LogP contribution in [0, 0.1) is 0 Å². The van der Waals surface area contributed by atoms with Gasteiger partial charge in [-0.05, 0) is 24.3 Å². The van der Waals surface area contributed by atoms with E-state index in [2.05, 4.69) is 0 Å². The van der Waals surface area contributed by atoms with Gasteiger partial charge in [-0.15, -0.1) is 0 Å². The number of hydrogen-bond acceptors (Lipinski definition) is 3. The molecule has 1 aromatic rings. The van der Waals surface area contributed by atoms with E-state index >= 15 is 0 Å². The average Bonchev–Trinajstić information content (AvgIpc) is 2.81. The van der Waals surface area contributed by atoms with Gasteiger partial charge in [-0.3, -0.25) is 4.79 Å². The van der Waals surface area contributed by atoms with Gasteiger partial charge in [-0.1, -0.05) is 0 Å². The van der Waals surface area contributed by atoms with Gasteiger partial charge < -0.3 is 14.9 Å². The molecule has 21 heavy (non-hydrogen) atoms. The largest absolute Gasteiger partial charge is 0.419 e. The van der Waals surface area contributed by atoms with E-state index in [1.165, 1.54) is 0 Å². The van der Waals surface area contributed by atoms with Crippen molar-refractivity contribution < 1.29 is 23.1 Å². The number of aliphatic hydroxyl groups is 1. The Morgan fingerprint density at radius 1 is 1.29 bits per heavy atom. The van der Waals surface area contributed by atoms with Crippen LogP contribution in [0.25, 0.3) is 0 Å². The third kappa shape index (κ3) is 2.97. The SMILES string of the molecule is CN(C)c1ccc(C(=O)N2CCC(O)(C(F)(F)F)C2)cc1. The first-order chi connectivity index (χ1) is 9.64. The number of benzene rings is 1. The molecule has 1 aromatic carbocycles. The fourth-order valence-corrected chi connectivity index (χ4v) is 2.28. The van der Waals surface area contributed by atoms with E-state index in [1.54, 1.807) is 24.3 Å². The van der Waals surface area contributed by atoms with Crippen LogP contribution < -0.4 is 4.90 Å². The van der Waals surface area contributed by atoms with E-state index in [9.17, 15) is 23.1 Å². The molecule has 116 valence electrons. The molecule has 1 heterocycles. The topological polar surface area (TPSA) is 43.8 Å². The van der Waals surface area contributed by atoms with Gasteiger partial charge >= 0.3 is 6.18 Å². The van der Waals surface area contributed by atoms with E-state index < -0.39 is 30.7 Å². The number of amides is 1. The molecule has 0 aliphatic carbocycles. The molecule has 1 saturated heterocycles. The summed E-state index contributed by atoms with van der Waals surface area (Å²) in [6.07, 6.45) is -5.21. The number of likely N-dealkylation sites (tertiary alicyclic amines) is 1. The molecule has 1 unspecified atom stereocenters. The predicted molar refractivity (Wildman–Crippen MR) is 72.3 cm³/mol. The van der Waals surface area contributed by atoms with E-state index in [0.717, 1.165) is 10.6 Å². The monoisotopic (exact) mass is 302 g/mol. The maximum Gasteiger partial charge on any atom is 0.419 e. The van der Waals surface area contributed by atoms with Crippen LogP contribution in [-0.4, -0.2) is 54.9 Å². The molecule has 4 nitrogen and oxygen atoms in total. The number of β-amino-alcohol motifs (C(OH)–C–C–N with tert-alkyl or cyclic N) is 1. The summed E-state index contributed by atoms with van der Waals surface area (Å²) in [5.74, 6) is -0.500. The lowest BCUT2D eigenvalue weighted by Gasteiger charge is -2.26. The third-order valence-corrected chi connectivity index (χ3v) is 3.69. The normalized spacial score (nSPS) is 22.5. The summed E-state index contributed by atoms with van der Waals surface area (Å²) in [5, 5.41) is 9.59. The van der Waals surface area contributed by atoms with E-state index in [4.69, 9.17) is 0 Å². The highest BCUT2D eigenvalue weighted by atomic mass is 19.4.